The lowest BCUT2D eigenvalue weighted by Crippen LogP contribution is -2.30. The standard InChI is InChI=1S/C15H18F4N2/c16-13-8-7-11(9-12(13)15(17,18)19)14(21-20)10-5-3-1-2-4-6-10/h5,7-9,14,21H,1-4,6,20H2. The Bertz CT molecular complexity index is 523. The van der Waals surface area contributed by atoms with E-state index in [1.807, 2.05) is 6.08 Å². The number of rotatable bonds is 3. The summed E-state index contributed by atoms with van der Waals surface area (Å²) >= 11 is 0. The second-order valence-corrected chi connectivity index (χ2v) is 5.22. The van der Waals surface area contributed by atoms with Gasteiger partial charge in [-0.1, -0.05) is 24.1 Å². The molecule has 1 aliphatic carbocycles. The average molecular weight is 302 g/mol. The van der Waals surface area contributed by atoms with Crippen molar-refractivity contribution in [3.8, 4) is 0 Å². The van der Waals surface area contributed by atoms with Crippen molar-refractivity contribution < 1.29 is 17.6 Å². The van der Waals surface area contributed by atoms with Crippen LogP contribution >= 0.6 is 0 Å². The number of hydrogen-bond acceptors (Lipinski definition) is 2. The summed E-state index contributed by atoms with van der Waals surface area (Å²) in [5.74, 6) is 4.25. The van der Waals surface area contributed by atoms with Crippen molar-refractivity contribution in [2.45, 2.75) is 44.3 Å². The van der Waals surface area contributed by atoms with Crippen molar-refractivity contribution in [1.29, 1.82) is 0 Å². The van der Waals surface area contributed by atoms with Gasteiger partial charge in [0.15, 0.2) is 0 Å². The molecule has 0 aliphatic heterocycles. The fraction of sp³-hybridized carbons (Fsp3) is 0.467. The first kappa shape index (κ1) is 16.0. The maximum Gasteiger partial charge on any atom is 0.419 e. The molecule has 1 unspecified atom stereocenters. The monoisotopic (exact) mass is 302 g/mol. The number of halogens is 4. The van der Waals surface area contributed by atoms with Crippen molar-refractivity contribution in [1.82, 2.24) is 5.43 Å². The summed E-state index contributed by atoms with van der Waals surface area (Å²) in [6, 6.07) is 2.52. The molecule has 0 heterocycles. The first-order valence-corrected chi connectivity index (χ1v) is 6.95. The average Bonchev–Trinajstić information content (AvgIpc) is 2.69. The Morgan fingerprint density at radius 2 is 1.90 bits per heavy atom. The maximum absolute atomic E-state index is 13.4. The normalized spacial score (nSPS) is 18.0. The van der Waals surface area contributed by atoms with Crippen molar-refractivity contribution in [2.75, 3.05) is 0 Å². The molecule has 116 valence electrons. The molecule has 0 saturated heterocycles. The van der Waals surface area contributed by atoms with Gasteiger partial charge in [-0.05, 0) is 43.4 Å². The van der Waals surface area contributed by atoms with Gasteiger partial charge in [0.1, 0.15) is 5.82 Å². The molecular weight excluding hydrogens is 284 g/mol. The van der Waals surface area contributed by atoms with Gasteiger partial charge in [0.2, 0.25) is 0 Å². The van der Waals surface area contributed by atoms with Crippen LogP contribution in [0.2, 0.25) is 0 Å². The highest BCUT2D eigenvalue weighted by molar-refractivity contribution is 5.34. The van der Waals surface area contributed by atoms with Gasteiger partial charge in [-0.25, -0.2) is 9.82 Å². The van der Waals surface area contributed by atoms with Crippen LogP contribution in [0.4, 0.5) is 17.6 Å². The first-order chi connectivity index (χ1) is 9.93. The minimum Gasteiger partial charge on any atom is -0.271 e. The van der Waals surface area contributed by atoms with E-state index in [9.17, 15) is 17.6 Å². The number of nitrogens with one attached hydrogen (secondary N) is 1. The lowest BCUT2D eigenvalue weighted by atomic mass is 9.94. The van der Waals surface area contributed by atoms with E-state index >= 15 is 0 Å². The molecule has 0 aromatic heterocycles. The third kappa shape index (κ3) is 3.83. The van der Waals surface area contributed by atoms with E-state index < -0.39 is 23.6 Å². The van der Waals surface area contributed by atoms with Gasteiger partial charge in [-0.3, -0.25) is 5.84 Å². The van der Waals surface area contributed by atoms with Gasteiger partial charge in [0.05, 0.1) is 11.6 Å². The van der Waals surface area contributed by atoms with E-state index in [2.05, 4.69) is 5.43 Å². The van der Waals surface area contributed by atoms with Crippen LogP contribution in [-0.4, -0.2) is 0 Å². The smallest absolute Gasteiger partial charge is 0.271 e. The van der Waals surface area contributed by atoms with E-state index in [1.54, 1.807) is 0 Å². The lowest BCUT2D eigenvalue weighted by Gasteiger charge is -2.21. The zero-order valence-corrected chi connectivity index (χ0v) is 11.5. The molecule has 6 heteroatoms. The van der Waals surface area contributed by atoms with Crippen LogP contribution in [0.1, 0.15) is 49.3 Å². The highest BCUT2D eigenvalue weighted by Crippen LogP contribution is 2.35. The number of allylic oxidation sites excluding steroid dienone is 1. The van der Waals surface area contributed by atoms with Crippen LogP contribution in [0.25, 0.3) is 0 Å². The molecule has 1 aliphatic rings. The third-order valence-corrected chi connectivity index (χ3v) is 3.74. The van der Waals surface area contributed by atoms with Gasteiger partial charge in [0, 0.05) is 0 Å². The Labute approximate surface area is 121 Å². The van der Waals surface area contributed by atoms with E-state index in [0.717, 1.165) is 49.8 Å². The van der Waals surface area contributed by atoms with Crippen LogP contribution in [0.3, 0.4) is 0 Å². The molecular formula is C15H18F4N2. The fourth-order valence-electron chi connectivity index (χ4n) is 2.66. The van der Waals surface area contributed by atoms with Gasteiger partial charge >= 0.3 is 6.18 Å². The first-order valence-electron chi connectivity index (χ1n) is 6.95. The Hall–Kier alpha value is -1.40. The fourth-order valence-corrected chi connectivity index (χ4v) is 2.66. The largest absolute Gasteiger partial charge is 0.419 e. The quantitative estimate of drug-likeness (QED) is 0.379. The van der Waals surface area contributed by atoms with E-state index in [0.29, 0.717) is 5.56 Å². The van der Waals surface area contributed by atoms with E-state index in [1.165, 1.54) is 6.07 Å². The highest BCUT2D eigenvalue weighted by Gasteiger charge is 2.34. The topological polar surface area (TPSA) is 38.0 Å². The molecule has 1 aromatic rings. The molecule has 3 N–H and O–H groups in total. The van der Waals surface area contributed by atoms with Crippen LogP contribution in [0.5, 0.6) is 0 Å². The zero-order valence-electron chi connectivity index (χ0n) is 11.5. The summed E-state index contributed by atoms with van der Waals surface area (Å²) in [7, 11) is 0. The summed E-state index contributed by atoms with van der Waals surface area (Å²) in [6.07, 6.45) is 2.13. The van der Waals surface area contributed by atoms with Gasteiger partial charge in [0.25, 0.3) is 0 Å². The summed E-state index contributed by atoms with van der Waals surface area (Å²) in [4.78, 5) is 0. The molecule has 0 radical (unpaired) electrons. The minimum absolute atomic E-state index is 0.333. The second kappa shape index (κ2) is 6.58. The lowest BCUT2D eigenvalue weighted by molar-refractivity contribution is -0.140. The molecule has 1 aromatic carbocycles. The molecule has 2 nitrogen and oxygen atoms in total. The van der Waals surface area contributed by atoms with E-state index in [4.69, 9.17) is 5.84 Å². The minimum atomic E-state index is -4.71. The number of hydrazine groups is 1. The van der Waals surface area contributed by atoms with Crippen molar-refractivity contribution in [3.05, 3.63) is 46.8 Å². The molecule has 0 saturated carbocycles. The number of nitrogens with two attached hydrogens (primary N) is 1. The summed E-state index contributed by atoms with van der Waals surface area (Å²) < 4.78 is 51.7. The Balaban J connectivity index is 2.36. The summed E-state index contributed by atoms with van der Waals surface area (Å²) in [5.41, 5.74) is 2.60. The molecule has 0 amide bonds. The van der Waals surface area contributed by atoms with Gasteiger partial charge in [-0.2, -0.15) is 13.2 Å². The predicted molar refractivity (Wildman–Crippen MR) is 72.6 cm³/mol. The molecule has 2 rings (SSSR count). The number of benzene rings is 1. The molecule has 21 heavy (non-hydrogen) atoms. The van der Waals surface area contributed by atoms with Crippen LogP contribution in [0, 0.1) is 5.82 Å². The van der Waals surface area contributed by atoms with Crippen LogP contribution < -0.4 is 11.3 Å². The third-order valence-electron chi connectivity index (χ3n) is 3.74. The molecule has 1 atom stereocenters. The van der Waals surface area contributed by atoms with Crippen molar-refractivity contribution in [3.63, 3.8) is 0 Å². The van der Waals surface area contributed by atoms with Gasteiger partial charge in [-0.15, -0.1) is 0 Å². The second-order valence-electron chi connectivity index (χ2n) is 5.22. The molecule has 0 bridgehead atoms. The Morgan fingerprint density at radius 3 is 2.57 bits per heavy atom. The van der Waals surface area contributed by atoms with E-state index in [-0.39, 0.29) is 0 Å². The highest BCUT2D eigenvalue weighted by atomic mass is 19.4. The van der Waals surface area contributed by atoms with Crippen LogP contribution in [-0.2, 0) is 6.18 Å². The maximum atomic E-state index is 13.4. The Kier molecular flexibility index (Phi) is 5.00. The van der Waals surface area contributed by atoms with Gasteiger partial charge < -0.3 is 0 Å². The molecule has 0 spiro atoms. The molecule has 0 fully saturated rings. The SMILES string of the molecule is NNC(C1=CCCCCC1)c1ccc(F)c(C(F)(F)F)c1. The number of hydrogen-bond donors (Lipinski definition) is 2. The summed E-state index contributed by atoms with van der Waals surface area (Å²) in [6.45, 7) is 0. The van der Waals surface area contributed by atoms with Crippen molar-refractivity contribution >= 4 is 0 Å². The Morgan fingerprint density at radius 1 is 1.14 bits per heavy atom. The zero-order chi connectivity index (χ0) is 15.5. The van der Waals surface area contributed by atoms with Crippen LogP contribution in [0.15, 0.2) is 29.8 Å². The number of alkyl halides is 3. The van der Waals surface area contributed by atoms with Crippen molar-refractivity contribution in [2.24, 2.45) is 5.84 Å². The summed E-state index contributed by atoms with van der Waals surface area (Å²) in [5, 5.41) is 0. The predicted octanol–water partition coefficient (Wildman–Crippen LogP) is 4.24.